The van der Waals surface area contributed by atoms with Gasteiger partial charge in [-0.2, -0.15) is 5.10 Å². The van der Waals surface area contributed by atoms with E-state index in [1.165, 1.54) is 0 Å². The highest BCUT2D eigenvalue weighted by Gasteiger charge is 2.29. The largest absolute Gasteiger partial charge is 0.349 e. The van der Waals surface area contributed by atoms with Crippen molar-refractivity contribution in [2.24, 2.45) is 5.92 Å². The third-order valence-corrected chi connectivity index (χ3v) is 5.03. The third kappa shape index (κ3) is 4.90. The van der Waals surface area contributed by atoms with Crippen molar-refractivity contribution in [3.8, 4) is 5.69 Å². The van der Waals surface area contributed by atoms with Crippen molar-refractivity contribution in [2.75, 3.05) is 5.32 Å². The summed E-state index contributed by atoms with van der Waals surface area (Å²) in [6, 6.07) is 17.3. The van der Waals surface area contributed by atoms with Crippen molar-refractivity contribution in [3.63, 3.8) is 0 Å². The van der Waals surface area contributed by atoms with Gasteiger partial charge in [-0.15, -0.1) is 0 Å². The lowest BCUT2D eigenvalue weighted by molar-refractivity contribution is -0.121. The molecule has 4 rings (SSSR count). The number of nitrogens with one attached hydrogen (secondary N) is 2. The number of hydrogen-bond acceptors (Lipinski definition) is 3. The molecule has 2 N–H and O–H groups in total. The first-order valence-corrected chi connectivity index (χ1v) is 9.87. The van der Waals surface area contributed by atoms with Crippen molar-refractivity contribution in [3.05, 3.63) is 78.1 Å². The van der Waals surface area contributed by atoms with E-state index >= 15 is 0 Å². The SMILES string of the molecule is CC(NC(=O)Cc1cnn(-c2ccccc2)c1)c1ccc(NC(=O)C2CC2)cc1. The lowest BCUT2D eigenvalue weighted by atomic mass is 10.1. The Morgan fingerprint density at radius 3 is 2.52 bits per heavy atom. The number of para-hydroxylation sites is 1. The van der Waals surface area contributed by atoms with Gasteiger partial charge in [-0.3, -0.25) is 9.59 Å². The van der Waals surface area contributed by atoms with Crippen LogP contribution in [0.1, 0.15) is 36.9 Å². The predicted octanol–water partition coefficient (Wildman–Crippen LogP) is 3.64. The number of hydrogen-bond donors (Lipinski definition) is 2. The van der Waals surface area contributed by atoms with Gasteiger partial charge in [-0.05, 0) is 55.2 Å². The summed E-state index contributed by atoms with van der Waals surface area (Å²) in [4.78, 5) is 24.3. The van der Waals surface area contributed by atoms with E-state index in [1.54, 1.807) is 10.9 Å². The molecule has 1 atom stereocenters. The highest BCUT2D eigenvalue weighted by Crippen LogP contribution is 2.30. The smallest absolute Gasteiger partial charge is 0.227 e. The highest BCUT2D eigenvalue weighted by molar-refractivity contribution is 5.94. The quantitative estimate of drug-likeness (QED) is 0.649. The molecule has 6 nitrogen and oxygen atoms in total. The maximum Gasteiger partial charge on any atom is 0.227 e. The minimum Gasteiger partial charge on any atom is -0.349 e. The molecule has 0 saturated heterocycles. The fourth-order valence-electron chi connectivity index (χ4n) is 3.18. The second-order valence-electron chi connectivity index (χ2n) is 7.48. The lowest BCUT2D eigenvalue weighted by Gasteiger charge is -2.15. The molecule has 0 radical (unpaired) electrons. The number of benzene rings is 2. The molecule has 1 aliphatic carbocycles. The van der Waals surface area contributed by atoms with Gasteiger partial charge in [-0.25, -0.2) is 4.68 Å². The molecule has 2 aromatic carbocycles. The van der Waals surface area contributed by atoms with E-state index in [1.807, 2.05) is 67.7 Å². The molecule has 0 aliphatic heterocycles. The molecule has 1 aromatic heterocycles. The summed E-state index contributed by atoms with van der Waals surface area (Å²) < 4.78 is 1.76. The number of amides is 2. The van der Waals surface area contributed by atoms with Crippen LogP contribution in [0.4, 0.5) is 5.69 Å². The number of carbonyl (C=O) groups excluding carboxylic acids is 2. The number of nitrogens with zero attached hydrogens (tertiary/aromatic N) is 2. The highest BCUT2D eigenvalue weighted by atomic mass is 16.2. The van der Waals surface area contributed by atoms with Gasteiger partial charge in [0.25, 0.3) is 0 Å². The summed E-state index contributed by atoms with van der Waals surface area (Å²) in [5.41, 5.74) is 3.60. The second kappa shape index (κ2) is 8.31. The fraction of sp³-hybridized carbons (Fsp3) is 0.261. The topological polar surface area (TPSA) is 76.0 Å². The first kappa shape index (κ1) is 18.9. The number of aromatic nitrogens is 2. The van der Waals surface area contributed by atoms with Crippen molar-refractivity contribution < 1.29 is 9.59 Å². The molecule has 0 spiro atoms. The number of rotatable bonds is 7. The van der Waals surface area contributed by atoms with Crippen molar-refractivity contribution in [2.45, 2.75) is 32.2 Å². The summed E-state index contributed by atoms with van der Waals surface area (Å²) in [6.45, 7) is 1.95. The Labute approximate surface area is 169 Å². The monoisotopic (exact) mass is 388 g/mol. The molecule has 6 heteroatoms. The van der Waals surface area contributed by atoms with Crippen LogP contribution in [0.3, 0.4) is 0 Å². The Kier molecular flexibility index (Phi) is 5.42. The van der Waals surface area contributed by atoms with Crippen LogP contribution < -0.4 is 10.6 Å². The predicted molar refractivity (Wildman–Crippen MR) is 112 cm³/mol. The molecule has 1 fully saturated rings. The molecule has 3 aromatic rings. The van der Waals surface area contributed by atoms with Gasteiger partial charge in [0.2, 0.25) is 11.8 Å². The van der Waals surface area contributed by atoms with Gasteiger partial charge in [0.1, 0.15) is 0 Å². The van der Waals surface area contributed by atoms with E-state index in [-0.39, 0.29) is 30.2 Å². The van der Waals surface area contributed by atoms with E-state index < -0.39 is 0 Å². The van der Waals surface area contributed by atoms with Gasteiger partial charge in [0.15, 0.2) is 0 Å². The van der Waals surface area contributed by atoms with E-state index in [9.17, 15) is 9.59 Å². The van der Waals surface area contributed by atoms with Crippen LogP contribution in [0.25, 0.3) is 5.69 Å². The summed E-state index contributed by atoms with van der Waals surface area (Å²) in [6.07, 6.45) is 5.83. The van der Waals surface area contributed by atoms with Crippen LogP contribution in [0.2, 0.25) is 0 Å². The molecular formula is C23H24N4O2. The van der Waals surface area contributed by atoms with Crippen LogP contribution in [0, 0.1) is 5.92 Å². The fourth-order valence-corrected chi connectivity index (χ4v) is 3.18. The summed E-state index contributed by atoms with van der Waals surface area (Å²) >= 11 is 0. The molecule has 148 valence electrons. The first-order chi connectivity index (χ1) is 14.1. The Hall–Kier alpha value is -3.41. The lowest BCUT2D eigenvalue weighted by Crippen LogP contribution is -2.28. The van der Waals surface area contributed by atoms with Gasteiger partial charge >= 0.3 is 0 Å². The van der Waals surface area contributed by atoms with E-state index in [0.717, 1.165) is 35.3 Å². The average Bonchev–Trinajstić information content (AvgIpc) is 3.49. The van der Waals surface area contributed by atoms with Gasteiger partial charge in [0, 0.05) is 17.8 Å². The van der Waals surface area contributed by atoms with Crippen molar-refractivity contribution in [1.29, 1.82) is 0 Å². The van der Waals surface area contributed by atoms with Crippen LogP contribution >= 0.6 is 0 Å². The summed E-state index contributed by atoms with van der Waals surface area (Å²) in [7, 11) is 0. The Balaban J connectivity index is 1.31. The molecule has 2 amide bonds. The number of carbonyl (C=O) groups is 2. The second-order valence-corrected chi connectivity index (χ2v) is 7.48. The minimum absolute atomic E-state index is 0.0591. The number of anilines is 1. The zero-order chi connectivity index (χ0) is 20.2. The van der Waals surface area contributed by atoms with E-state index in [2.05, 4.69) is 15.7 Å². The zero-order valence-electron chi connectivity index (χ0n) is 16.3. The maximum absolute atomic E-state index is 12.4. The molecule has 29 heavy (non-hydrogen) atoms. The minimum atomic E-state index is -0.125. The molecule has 1 unspecified atom stereocenters. The van der Waals surface area contributed by atoms with Crippen LogP contribution in [-0.2, 0) is 16.0 Å². The Morgan fingerprint density at radius 2 is 1.83 bits per heavy atom. The third-order valence-electron chi connectivity index (χ3n) is 5.03. The molecule has 0 bridgehead atoms. The molecule has 1 saturated carbocycles. The van der Waals surface area contributed by atoms with Crippen LogP contribution in [0.15, 0.2) is 67.0 Å². The molecule has 1 heterocycles. The van der Waals surface area contributed by atoms with Crippen molar-refractivity contribution in [1.82, 2.24) is 15.1 Å². The van der Waals surface area contributed by atoms with Gasteiger partial charge in [0.05, 0.1) is 24.3 Å². The van der Waals surface area contributed by atoms with Crippen molar-refractivity contribution >= 4 is 17.5 Å². The van der Waals surface area contributed by atoms with Crippen LogP contribution in [0.5, 0.6) is 0 Å². The normalized spacial score (nSPS) is 14.2. The average molecular weight is 388 g/mol. The maximum atomic E-state index is 12.4. The van der Waals surface area contributed by atoms with E-state index in [4.69, 9.17) is 0 Å². The molecule has 1 aliphatic rings. The zero-order valence-corrected chi connectivity index (χ0v) is 16.3. The Morgan fingerprint density at radius 1 is 1.10 bits per heavy atom. The summed E-state index contributed by atoms with van der Waals surface area (Å²) in [5, 5.41) is 10.3. The van der Waals surface area contributed by atoms with Crippen LogP contribution in [-0.4, -0.2) is 21.6 Å². The van der Waals surface area contributed by atoms with E-state index in [0.29, 0.717) is 0 Å². The molecular weight excluding hydrogens is 364 g/mol. The first-order valence-electron chi connectivity index (χ1n) is 9.87. The van der Waals surface area contributed by atoms with Gasteiger partial charge in [-0.1, -0.05) is 30.3 Å². The summed E-state index contributed by atoms with van der Waals surface area (Å²) in [5.74, 6) is 0.213. The Bertz CT molecular complexity index is 991. The van der Waals surface area contributed by atoms with Gasteiger partial charge < -0.3 is 10.6 Å². The standard InChI is InChI=1S/C23H24N4O2/c1-16(18-9-11-20(12-10-18)26-23(29)19-7-8-19)25-22(28)13-17-14-24-27(15-17)21-5-3-2-4-6-21/h2-6,9-12,14-16,19H,7-8,13H2,1H3,(H,25,28)(H,26,29).